The largest absolute Gasteiger partial charge is 0.497 e. The number of ether oxygens (including phenoxy) is 1. The third kappa shape index (κ3) is 3.96. The molecule has 0 aliphatic rings. The van der Waals surface area contributed by atoms with E-state index >= 15 is 0 Å². The Hall–Kier alpha value is -1.56. The van der Waals surface area contributed by atoms with Crippen LogP contribution in [-0.2, 0) is 4.79 Å². The van der Waals surface area contributed by atoms with Gasteiger partial charge in [-0.05, 0) is 34.1 Å². The number of carbonyl (C=O) groups excluding carboxylic acids is 2. The molecule has 5 nitrogen and oxygen atoms in total. The number of hydrogen-bond acceptors (Lipinski definition) is 3. The van der Waals surface area contributed by atoms with Crippen molar-refractivity contribution >= 4 is 27.7 Å². The predicted octanol–water partition coefficient (Wildman–Crippen LogP) is 1.91. The second-order valence-electron chi connectivity index (χ2n) is 4.55. The van der Waals surface area contributed by atoms with Crippen LogP contribution in [0.5, 0.6) is 5.75 Å². The zero-order chi connectivity index (χ0) is 15.3. The van der Waals surface area contributed by atoms with Crippen molar-refractivity contribution in [2.24, 2.45) is 5.92 Å². The minimum absolute atomic E-state index is 0.0886. The van der Waals surface area contributed by atoms with Crippen LogP contribution in [-0.4, -0.2) is 44.5 Å². The Balaban J connectivity index is 2.86. The summed E-state index contributed by atoms with van der Waals surface area (Å²) < 4.78 is 5.82. The van der Waals surface area contributed by atoms with Crippen LogP contribution in [0.2, 0.25) is 0 Å². The quantitative estimate of drug-likeness (QED) is 0.889. The van der Waals surface area contributed by atoms with Crippen LogP contribution in [0.3, 0.4) is 0 Å². The van der Waals surface area contributed by atoms with Gasteiger partial charge in [-0.2, -0.15) is 0 Å². The maximum absolute atomic E-state index is 12.4. The lowest BCUT2D eigenvalue weighted by atomic mass is 10.1. The van der Waals surface area contributed by atoms with Crippen LogP contribution in [0, 0.1) is 5.92 Å². The molecule has 6 heteroatoms. The summed E-state index contributed by atoms with van der Waals surface area (Å²) >= 11 is 3.36. The summed E-state index contributed by atoms with van der Waals surface area (Å²) in [6.45, 7) is 2.13. The summed E-state index contributed by atoms with van der Waals surface area (Å²) in [6.07, 6.45) is 0. The molecule has 0 saturated carbocycles. The molecule has 20 heavy (non-hydrogen) atoms. The molecule has 0 fully saturated rings. The molecular formula is C14H19BrN2O3. The Morgan fingerprint density at radius 3 is 2.65 bits per heavy atom. The molecule has 1 N–H and O–H groups in total. The Bertz CT molecular complexity index is 505. The number of nitrogens with zero attached hydrogens (tertiary/aromatic N) is 1. The highest BCUT2D eigenvalue weighted by Gasteiger charge is 2.20. The van der Waals surface area contributed by atoms with E-state index in [0.29, 0.717) is 22.3 Å². The van der Waals surface area contributed by atoms with Crippen molar-refractivity contribution in [2.75, 3.05) is 27.7 Å². The molecule has 0 heterocycles. The molecule has 0 aromatic heterocycles. The SMILES string of the molecule is CNC(=O)C(C)CN(C)C(=O)c1cc(OC)ccc1Br. The highest BCUT2D eigenvalue weighted by atomic mass is 79.9. The standard InChI is InChI=1S/C14H19BrN2O3/c1-9(13(18)16-2)8-17(3)14(19)11-7-10(20-4)5-6-12(11)15/h5-7,9H,8H2,1-4H3,(H,16,18). The van der Waals surface area contributed by atoms with E-state index in [2.05, 4.69) is 21.2 Å². The number of rotatable bonds is 5. The lowest BCUT2D eigenvalue weighted by Gasteiger charge is -2.21. The average Bonchev–Trinajstić information content (AvgIpc) is 2.45. The van der Waals surface area contributed by atoms with Gasteiger partial charge in [0.05, 0.1) is 18.6 Å². The number of methoxy groups -OCH3 is 1. The van der Waals surface area contributed by atoms with Crippen molar-refractivity contribution in [3.8, 4) is 5.75 Å². The smallest absolute Gasteiger partial charge is 0.254 e. The molecule has 0 spiro atoms. The third-order valence-corrected chi connectivity index (χ3v) is 3.68. The minimum Gasteiger partial charge on any atom is -0.497 e. The second-order valence-corrected chi connectivity index (χ2v) is 5.40. The highest BCUT2D eigenvalue weighted by Crippen LogP contribution is 2.23. The molecule has 1 unspecified atom stereocenters. The summed E-state index contributed by atoms with van der Waals surface area (Å²) in [5.41, 5.74) is 0.510. The van der Waals surface area contributed by atoms with Crippen molar-refractivity contribution in [3.05, 3.63) is 28.2 Å². The van der Waals surface area contributed by atoms with E-state index in [1.54, 1.807) is 46.3 Å². The molecule has 0 aliphatic heterocycles. The number of nitrogens with one attached hydrogen (secondary N) is 1. The van der Waals surface area contributed by atoms with E-state index in [9.17, 15) is 9.59 Å². The Labute approximate surface area is 127 Å². The third-order valence-electron chi connectivity index (χ3n) is 2.99. The predicted molar refractivity (Wildman–Crippen MR) is 80.9 cm³/mol. The molecule has 110 valence electrons. The van der Waals surface area contributed by atoms with Gasteiger partial charge in [0, 0.05) is 25.1 Å². The van der Waals surface area contributed by atoms with Gasteiger partial charge in [-0.15, -0.1) is 0 Å². The van der Waals surface area contributed by atoms with Gasteiger partial charge in [0.2, 0.25) is 5.91 Å². The first kappa shape index (κ1) is 16.5. The van der Waals surface area contributed by atoms with Crippen LogP contribution in [0.1, 0.15) is 17.3 Å². The molecule has 1 aromatic carbocycles. The molecule has 0 radical (unpaired) electrons. The summed E-state index contributed by atoms with van der Waals surface area (Å²) in [5, 5.41) is 2.57. The number of carbonyl (C=O) groups is 2. The molecule has 1 aromatic rings. The van der Waals surface area contributed by atoms with Gasteiger partial charge in [-0.3, -0.25) is 9.59 Å². The first-order valence-corrected chi connectivity index (χ1v) is 7.00. The van der Waals surface area contributed by atoms with Crippen molar-refractivity contribution in [2.45, 2.75) is 6.92 Å². The maximum Gasteiger partial charge on any atom is 0.254 e. The minimum atomic E-state index is -0.265. The summed E-state index contributed by atoms with van der Waals surface area (Å²) in [6, 6.07) is 5.21. The number of benzene rings is 1. The van der Waals surface area contributed by atoms with Gasteiger partial charge in [-0.1, -0.05) is 6.92 Å². The maximum atomic E-state index is 12.4. The van der Waals surface area contributed by atoms with E-state index in [4.69, 9.17) is 4.74 Å². The average molecular weight is 343 g/mol. The Kier molecular flexibility index (Phi) is 6.01. The molecule has 1 atom stereocenters. The summed E-state index contributed by atoms with van der Waals surface area (Å²) in [5.74, 6) is 0.100. The summed E-state index contributed by atoms with van der Waals surface area (Å²) in [7, 11) is 4.81. The summed E-state index contributed by atoms with van der Waals surface area (Å²) in [4.78, 5) is 25.4. The number of halogens is 1. The second kappa shape index (κ2) is 7.28. The molecule has 0 bridgehead atoms. The fourth-order valence-corrected chi connectivity index (χ4v) is 2.24. The van der Waals surface area contributed by atoms with Crippen molar-refractivity contribution in [3.63, 3.8) is 0 Å². The monoisotopic (exact) mass is 342 g/mol. The zero-order valence-corrected chi connectivity index (χ0v) is 13.7. The molecule has 2 amide bonds. The topological polar surface area (TPSA) is 58.6 Å². The van der Waals surface area contributed by atoms with Crippen LogP contribution < -0.4 is 10.1 Å². The highest BCUT2D eigenvalue weighted by molar-refractivity contribution is 9.10. The first-order chi connectivity index (χ1) is 9.40. The fraction of sp³-hybridized carbons (Fsp3) is 0.429. The van der Waals surface area contributed by atoms with Gasteiger partial charge in [-0.25, -0.2) is 0 Å². The fourth-order valence-electron chi connectivity index (χ4n) is 1.82. The van der Waals surface area contributed by atoms with Crippen molar-refractivity contribution in [1.82, 2.24) is 10.2 Å². The Morgan fingerprint density at radius 2 is 2.10 bits per heavy atom. The lowest BCUT2D eigenvalue weighted by molar-refractivity contribution is -0.124. The normalized spacial score (nSPS) is 11.7. The van der Waals surface area contributed by atoms with Crippen molar-refractivity contribution in [1.29, 1.82) is 0 Å². The van der Waals surface area contributed by atoms with Crippen molar-refractivity contribution < 1.29 is 14.3 Å². The van der Waals surface area contributed by atoms with E-state index in [1.165, 1.54) is 4.90 Å². The Morgan fingerprint density at radius 1 is 1.45 bits per heavy atom. The molecule has 0 aliphatic carbocycles. The zero-order valence-electron chi connectivity index (χ0n) is 12.1. The van der Waals surface area contributed by atoms with E-state index in [0.717, 1.165) is 0 Å². The number of amides is 2. The molecular weight excluding hydrogens is 324 g/mol. The van der Waals surface area contributed by atoms with E-state index in [-0.39, 0.29) is 17.7 Å². The van der Waals surface area contributed by atoms with E-state index < -0.39 is 0 Å². The van der Waals surface area contributed by atoms with Gasteiger partial charge in [0.25, 0.3) is 5.91 Å². The van der Waals surface area contributed by atoms with Crippen LogP contribution in [0.15, 0.2) is 22.7 Å². The number of hydrogen-bond donors (Lipinski definition) is 1. The van der Waals surface area contributed by atoms with Gasteiger partial charge >= 0.3 is 0 Å². The van der Waals surface area contributed by atoms with Crippen LogP contribution in [0.4, 0.5) is 0 Å². The lowest BCUT2D eigenvalue weighted by Crippen LogP contribution is -2.37. The van der Waals surface area contributed by atoms with Crippen LogP contribution in [0.25, 0.3) is 0 Å². The van der Waals surface area contributed by atoms with Gasteiger partial charge < -0.3 is 15.0 Å². The van der Waals surface area contributed by atoms with Gasteiger partial charge in [0.15, 0.2) is 0 Å². The molecule has 1 rings (SSSR count). The van der Waals surface area contributed by atoms with E-state index in [1.807, 2.05) is 0 Å². The van der Waals surface area contributed by atoms with Gasteiger partial charge in [0.1, 0.15) is 5.75 Å². The molecule has 0 saturated heterocycles. The first-order valence-electron chi connectivity index (χ1n) is 6.21. The van der Waals surface area contributed by atoms with Crippen LogP contribution >= 0.6 is 15.9 Å².